The summed E-state index contributed by atoms with van der Waals surface area (Å²) in [6, 6.07) is 0. The highest BCUT2D eigenvalue weighted by Gasteiger charge is 2.17. The Kier molecular flexibility index (Phi) is 3.78. The minimum absolute atomic E-state index is 0.248. The highest BCUT2D eigenvalue weighted by atomic mass is 32.1. The van der Waals surface area contributed by atoms with Gasteiger partial charge in [0.1, 0.15) is 10.7 Å². The van der Waals surface area contributed by atoms with Gasteiger partial charge in [0.2, 0.25) is 5.13 Å². The van der Waals surface area contributed by atoms with Crippen molar-refractivity contribution in [1.82, 2.24) is 25.2 Å². The molecular formula is C10H13N5O2S. The first-order valence-electron chi connectivity index (χ1n) is 5.39. The van der Waals surface area contributed by atoms with E-state index in [2.05, 4.69) is 20.5 Å². The number of methoxy groups -OCH3 is 1. The van der Waals surface area contributed by atoms with Gasteiger partial charge in [-0.25, -0.2) is 0 Å². The second-order valence-electron chi connectivity index (χ2n) is 3.96. The van der Waals surface area contributed by atoms with Crippen molar-refractivity contribution in [2.45, 2.75) is 26.4 Å². The molecule has 0 spiro atoms. The number of rotatable bonds is 5. The molecule has 7 nitrogen and oxygen atoms in total. The van der Waals surface area contributed by atoms with E-state index in [1.807, 2.05) is 13.8 Å². The van der Waals surface area contributed by atoms with Gasteiger partial charge in [-0.05, 0) is 0 Å². The molecule has 0 amide bonds. The standard InChI is InChI=1S/C10H13N5O2S/c1-6(2)9-12-13-10(18-9)15-8(5-17-3)7(4-16)11-14-15/h4,6H,5H2,1-3H3. The average molecular weight is 267 g/mol. The molecule has 96 valence electrons. The molecule has 0 radical (unpaired) electrons. The largest absolute Gasteiger partial charge is 0.378 e. The maximum Gasteiger partial charge on any atom is 0.234 e. The molecule has 2 aromatic heterocycles. The van der Waals surface area contributed by atoms with Crippen LogP contribution in [0.25, 0.3) is 5.13 Å². The van der Waals surface area contributed by atoms with Crippen LogP contribution in [0.2, 0.25) is 0 Å². The molecule has 0 aliphatic heterocycles. The van der Waals surface area contributed by atoms with E-state index in [0.29, 0.717) is 23.0 Å². The Bertz CT molecular complexity index is 548. The van der Waals surface area contributed by atoms with E-state index in [-0.39, 0.29) is 12.3 Å². The van der Waals surface area contributed by atoms with E-state index in [1.54, 1.807) is 7.11 Å². The third kappa shape index (κ3) is 2.29. The van der Waals surface area contributed by atoms with E-state index < -0.39 is 0 Å². The predicted molar refractivity (Wildman–Crippen MR) is 65.0 cm³/mol. The predicted octanol–water partition coefficient (Wildman–Crippen LogP) is 1.20. The van der Waals surface area contributed by atoms with Crippen LogP contribution in [0.15, 0.2) is 0 Å². The summed E-state index contributed by atoms with van der Waals surface area (Å²) < 4.78 is 6.54. The van der Waals surface area contributed by atoms with Crippen LogP contribution in [-0.2, 0) is 11.3 Å². The lowest BCUT2D eigenvalue weighted by Gasteiger charge is -2.01. The second kappa shape index (κ2) is 5.32. The first-order valence-corrected chi connectivity index (χ1v) is 6.21. The number of nitrogens with zero attached hydrogens (tertiary/aromatic N) is 5. The maximum absolute atomic E-state index is 10.9. The molecule has 2 heterocycles. The molecule has 0 aromatic carbocycles. The zero-order valence-electron chi connectivity index (χ0n) is 10.3. The summed E-state index contributed by atoms with van der Waals surface area (Å²) in [5, 5.41) is 17.3. The second-order valence-corrected chi connectivity index (χ2v) is 4.95. The summed E-state index contributed by atoms with van der Waals surface area (Å²) in [5.41, 5.74) is 0.845. The first kappa shape index (κ1) is 12.8. The van der Waals surface area contributed by atoms with Crippen LogP contribution in [0.1, 0.15) is 41.0 Å². The summed E-state index contributed by atoms with van der Waals surface area (Å²) in [4.78, 5) is 10.9. The highest BCUT2D eigenvalue weighted by molar-refractivity contribution is 7.13. The van der Waals surface area contributed by atoms with Crippen LogP contribution in [-0.4, -0.2) is 38.6 Å². The van der Waals surface area contributed by atoms with E-state index in [4.69, 9.17) is 4.74 Å². The molecule has 2 aromatic rings. The molecule has 8 heteroatoms. The van der Waals surface area contributed by atoms with Gasteiger partial charge in [0.15, 0.2) is 12.0 Å². The van der Waals surface area contributed by atoms with Crippen LogP contribution in [0.3, 0.4) is 0 Å². The minimum atomic E-state index is 0.248. The third-order valence-corrected chi connectivity index (χ3v) is 3.49. The lowest BCUT2D eigenvalue weighted by Crippen LogP contribution is -2.04. The molecule has 0 unspecified atom stereocenters. The summed E-state index contributed by atoms with van der Waals surface area (Å²) in [6.45, 7) is 4.33. The van der Waals surface area contributed by atoms with Crippen molar-refractivity contribution in [2.75, 3.05) is 7.11 Å². The van der Waals surface area contributed by atoms with Gasteiger partial charge in [0, 0.05) is 13.0 Å². The molecule has 0 fully saturated rings. The van der Waals surface area contributed by atoms with Gasteiger partial charge in [-0.15, -0.1) is 15.3 Å². The van der Waals surface area contributed by atoms with Crippen LogP contribution in [0.4, 0.5) is 0 Å². The summed E-state index contributed by atoms with van der Waals surface area (Å²) in [6.07, 6.45) is 0.655. The van der Waals surface area contributed by atoms with E-state index >= 15 is 0 Å². The van der Waals surface area contributed by atoms with Gasteiger partial charge in [-0.1, -0.05) is 30.4 Å². The van der Waals surface area contributed by atoms with Gasteiger partial charge >= 0.3 is 0 Å². The Labute approximate surface area is 108 Å². The van der Waals surface area contributed by atoms with Gasteiger partial charge < -0.3 is 4.74 Å². The van der Waals surface area contributed by atoms with Crippen molar-refractivity contribution < 1.29 is 9.53 Å². The first-order chi connectivity index (χ1) is 8.67. The topological polar surface area (TPSA) is 82.8 Å². The average Bonchev–Trinajstić information content (AvgIpc) is 2.95. The van der Waals surface area contributed by atoms with E-state index in [1.165, 1.54) is 16.0 Å². The van der Waals surface area contributed by atoms with Gasteiger partial charge in [0.05, 0.1) is 6.61 Å². The van der Waals surface area contributed by atoms with Gasteiger partial charge in [-0.3, -0.25) is 4.79 Å². The van der Waals surface area contributed by atoms with Crippen molar-refractivity contribution in [3.63, 3.8) is 0 Å². The Morgan fingerprint density at radius 2 is 2.17 bits per heavy atom. The van der Waals surface area contributed by atoms with E-state index in [9.17, 15) is 4.79 Å². The molecule has 2 rings (SSSR count). The molecule has 0 saturated heterocycles. The zero-order chi connectivity index (χ0) is 13.1. The zero-order valence-corrected chi connectivity index (χ0v) is 11.1. The smallest absolute Gasteiger partial charge is 0.234 e. The number of ether oxygens (including phenoxy) is 1. The SMILES string of the molecule is COCc1c(C=O)nnn1-c1nnc(C(C)C)s1. The van der Waals surface area contributed by atoms with Crippen molar-refractivity contribution in [3.8, 4) is 5.13 Å². The Balaban J connectivity index is 2.42. The molecule has 0 saturated carbocycles. The van der Waals surface area contributed by atoms with Crippen LogP contribution in [0, 0.1) is 0 Å². The van der Waals surface area contributed by atoms with Crippen LogP contribution < -0.4 is 0 Å². The molecule has 0 atom stereocenters. The van der Waals surface area contributed by atoms with Gasteiger partial charge in [-0.2, -0.15) is 4.68 Å². The lowest BCUT2D eigenvalue weighted by molar-refractivity contribution is 0.111. The highest BCUT2D eigenvalue weighted by Crippen LogP contribution is 2.22. The summed E-state index contributed by atoms with van der Waals surface area (Å²) in [7, 11) is 1.55. The Hall–Kier alpha value is -1.67. The molecule has 0 aliphatic carbocycles. The quantitative estimate of drug-likeness (QED) is 0.757. The van der Waals surface area contributed by atoms with Gasteiger partial charge in [0.25, 0.3) is 0 Å². The van der Waals surface area contributed by atoms with Crippen molar-refractivity contribution in [1.29, 1.82) is 0 Å². The number of carbonyl (C=O) groups excluding carboxylic acids is 1. The maximum atomic E-state index is 10.9. The fraction of sp³-hybridized carbons (Fsp3) is 0.500. The molecule has 18 heavy (non-hydrogen) atoms. The minimum Gasteiger partial charge on any atom is -0.378 e. The van der Waals surface area contributed by atoms with Crippen LogP contribution >= 0.6 is 11.3 Å². The number of hydrogen-bond acceptors (Lipinski definition) is 7. The van der Waals surface area contributed by atoms with Crippen molar-refractivity contribution in [2.24, 2.45) is 0 Å². The van der Waals surface area contributed by atoms with Crippen molar-refractivity contribution >= 4 is 17.6 Å². The molecule has 0 aliphatic rings. The number of hydrogen-bond donors (Lipinski definition) is 0. The molecule has 0 N–H and O–H groups in total. The third-order valence-electron chi connectivity index (χ3n) is 2.29. The van der Waals surface area contributed by atoms with Crippen molar-refractivity contribution in [3.05, 3.63) is 16.4 Å². The monoisotopic (exact) mass is 267 g/mol. The number of aldehydes is 1. The fourth-order valence-corrected chi connectivity index (χ4v) is 2.19. The van der Waals surface area contributed by atoms with E-state index in [0.717, 1.165) is 5.01 Å². The number of aromatic nitrogens is 5. The molecular weight excluding hydrogens is 254 g/mol. The van der Waals surface area contributed by atoms with Crippen LogP contribution in [0.5, 0.6) is 0 Å². The normalized spacial score (nSPS) is 11.1. The fourth-order valence-electron chi connectivity index (χ4n) is 1.38. The molecule has 0 bridgehead atoms. The Morgan fingerprint density at radius 1 is 1.39 bits per heavy atom. The lowest BCUT2D eigenvalue weighted by atomic mass is 10.2. The number of carbonyl (C=O) groups is 1. The summed E-state index contributed by atoms with van der Waals surface area (Å²) in [5.74, 6) is 0.302. The Morgan fingerprint density at radius 3 is 2.72 bits per heavy atom. The summed E-state index contributed by atoms with van der Waals surface area (Å²) >= 11 is 1.42.